The Bertz CT molecular complexity index is 630. The molecule has 0 aliphatic carbocycles. The first-order valence-corrected chi connectivity index (χ1v) is 8.54. The van der Waals surface area contributed by atoms with Crippen LogP contribution in [0.25, 0.3) is 0 Å². The van der Waals surface area contributed by atoms with E-state index in [2.05, 4.69) is 5.32 Å². The molecule has 1 N–H and O–H groups in total. The zero-order chi connectivity index (χ0) is 15.5. The molecule has 1 aliphatic heterocycles. The fourth-order valence-corrected chi connectivity index (χ4v) is 3.82. The number of nitrogens with one attached hydrogen (secondary N) is 1. The molecule has 0 spiro atoms. The van der Waals surface area contributed by atoms with Gasteiger partial charge in [0.2, 0.25) is 10.0 Å². The summed E-state index contributed by atoms with van der Waals surface area (Å²) in [7, 11) is -3.16. The normalized spacial score (nSPS) is 17.8. The number of nitro groups is 1. The second kappa shape index (κ2) is 6.40. The molecule has 0 saturated carbocycles. The zero-order valence-corrected chi connectivity index (χ0v) is 12.7. The molecule has 0 bridgehead atoms. The van der Waals surface area contributed by atoms with E-state index in [1.165, 1.54) is 10.4 Å². The van der Waals surface area contributed by atoms with Crippen LogP contribution in [0.15, 0.2) is 18.2 Å². The van der Waals surface area contributed by atoms with Crippen LogP contribution in [0, 0.1) is 10.1 Å². The third-order valence-corrected chi connectivity index (χ3v) is 5.29. The molecule has 116 valence electrons. The van der Waals surface area contributed by atoms with Gasteiger partial charge in [0.25, 0.3) is 5.69 Å². The summed E-state index contributed by atoms with van der Waals surface area (Å²) in [6.07, 6.45) is 1.48. The Kier molecular flexibility index (Phi) is 4.79. The van der Waals surface area contributed by atoms with Crippen molar-refractivity contribution in [3.8, 4) is 0 Å². The minimum absolute atomic E-state index is 0.0106. The van der Waals surface area contributed by atoms with Gasteiger partial charge in [0.1, 0.15) is 5.69 Å². The van der Waals surface area contributed by atoms with E-state index >= 15 is 0 Å². The van der Waals surface area contributed by atoms with Gasteiger partial charge in [0, 0.05) is 25.7 Å². The summed E-state index contributed by atoms with van der Waals surface area (Å²) in [5.74, 6) is 0.181. The van der Waals surface area contributed by atoms with E-state index in [1.807, 2.05) is 6.92 Å². The lowest BCUT2D eigenvalue weighted by Gasteiger charge is -2.15. The highest BCUT2D eigenvalue weighted by Gasteiger charge is 2.28. The molecule has 8 heteroatoms. The topological polar surface area (TPSA) is 92.6 Å². The van der Waals surface area contributed by atoms with Gasteiger partial charge in [-0.3, -0.25) is 10.1 Å². The number of benzene rings is 1. The lowest BCUT2D eigenvalue weighted by molar-refractivity contribution is -0.384. The summed E-state index contributed by atoms with van der Waals surface area (Å²) in [6.45, 7) is 3.38. The maximum absolute atomic E-state index is 11.8. The van der Waals surface area contributed by atoms with Crippen LogP contribution in [0.1, 0.15) is 25.3 Å². The Morgan fingerprint density at radius 1 is 1.43 bits per heavy atom. The van der Waals surface area contributed by atoms with Crippen molar-refractivity contribution in [2.45, 2.75) is 26.3 Å². The molecule has 21 heavy (non-hydrogen) atoms. The highest BCUT2D eigenvalue weighted by Crippen LogP contribution is 2.27. The fraction of sp³-hybridized carbons (Fsp3) is 0.538. The zero-order valence-electron chi connectivity index (χ0n) is 11.9. The first kappa shape index (κ1) is 15.7. The van der Waals surface area contributed by atoms with Crippen molar-refractivity contribution in [1.29, 1.82) is 0 Å². The molecule has 0 amide bonds. The van der Waals surface area contributed by atoms with E-state index in [4.69, 9.17) is 0 Å². The standard InChI is InChI=1S/C13H19N3O4S/c1-2-6-14-12-9-11(4-5-13(12)16(17)18)10-15-7-3-8-21(15,19)20/h4-5,9,14H,2-3,6-8,10H2,1H3. The molecular weight excluding hydrogens is 294 g/mol. The smallest absolute Gasteiger partial charge is 0.292 e. The molecule has 0 aromatic heterocycles. The number of hydrogen-bond acceptors (Lipinski definition) is 5. The lowest BCUT2D eigenvalue weighted by Crippen LogP contribution is -2.25. The van der Waals surface area contributed by atoms with Crippen molar-refractivity contribution in [2.75, 3.05) is 24.2 Å². The molecular formula is C13H19N3O4S. The van der Waals surface area contributed by atoms with E-state index in [-0.39, 0.29) is 18.0 Å². The van der Waals surface area contributed by atoms with E-state index in [9.17, 15) is 18.5 Å². The summed E-state index contributed by atoms with van der Waals surface area (Å²) in [5.41, 5.74) is 1.21. The Morgan fingerprint density at radius 2 is 2.19 bits per heavy atom. The third-order valence-electron chi connectivity index (χ3n) is 3.39. The van der Waals surface area contributed by atoms with Crippen molar-refractivity contribution in [1.82, 2.24) is 4.31 Å². The number of sulfonamides is 1. The van der Waals surface area contributed by atoms with Crippen LogP contribution in [0.3, 0.4) is 0 Å². The predicted molar refractivity (Wildman–Crippen MR) is 80.7 cm³/mol. The first-order chi connectivity index (χ1) is 9.94. The van der Waals surface area contributed by atoms with Gasteiger partial charge < -0.3 is 5.32 Å². The minimum atomic E-state index is -3.16. The van der Waals surface area contributed by atoms with E-state index in [1.54, 1.807) is 12.1 Å². The number of nitrogens with zero attached hydrogens (tertiary/aromatic N) is 2. The summed E-state index contributed by atoms with van der Waals surface area (Å²) < 4.78 is 25.0. The van der Waals surface area contributed by atoms with Crippen molar-refractivity contribution in [2.24, 2.45) is 0 Å². The fourth-order valence-electron chi connectivity index (χ4n) is 2.31. The van der Waals surface area contributed by atoms with Crippen molar-refractivity contribution < 1.29 is 13.3 Å². The van der Waals surface area contributed by atoms with Crippen LogP contribution in [-0.4, -0.2) is 36.5 Å². The van der Waals surface area contributed by atoms with E-state index in [0.717, 1.165) is 12.0 Å². The molecule has 1 aliphatic rings. The van der Waals surface area contributed by atoms with Gasteiger partial charge in [-0.25, -0.2) is 8.42 Å². The van der Waals surface area contributed by atoms with E-state index in [0.29, 0.717) is 25.2 Å². The van der Waals surface area contributed by atoms with Gasteiger partial charge in [0.05, 0.1) is 10.7 Å². The van der Waals surface area contributed by atoms with Gasteiger partial charge in [-0.15, -0.1) is 0 Å². The SMILES string of the molecule is CCCNc1cc(CN2CCCS2(=O)=O)ccc1[N+](=O)[O-]. The molecule has 1 fully saturated rings. The molecule has 1 saturated heterocycles. The average Bonchev–Trinajstić information content (AvgIpc) is 2.75. The second-order valence-corrected chi connectivity index (χ2v) is 7.13. The molecule has 1 heterocycles. The highest BCUT2D eigenvalue weighted by molar-refractivity contribution is 7.89. The number of hydrogen-bond donors (Lipinski definition) is 1. The average molecular weight is 313 g/mol. The molecule has 1 aromatic carbocycles. The summed E-state index contributed by atoms with van der Waals surface area (Å²) >= 11 is 0. The number of rotatable bonds is 6. The minimum Gasteiger partial charge on any atom is -0.379 e. The molecule has 0 radical (unpaired) electrons. The monoisotopic (exact) mass is 313 g/mol. The van der Waals surface area contributed by atoms with Gasteiger partial charge in [-0.2, -0.15) is 4.31 Å². The molecule has 0 unspecified atom stereocenters. The van der Waals surface area contributed by atoms with Crippen molar-refractivity contribution in [3.63, 3.8) is 0 Å². The van der Waals surface area contributed by atoms with Gasteiger partial charge >= 0.3 is 0 Å². The summed E-state index contributed by atoms with van der Waals surface area (Å²) in [5, 5.41) is 14.0. The summed E-state index contributed by atoms with van der Waals surface area (Å²) in [6, 6.07) is 4.71. The molecule has 2 rings (SSSR count). The number of nitro benzene ring substituents is 1. The Morgan fingerprint density at radius 3 is 2.76 bits per heavy atom. The number of anilines is 1. The first-order valence-electron chi connectivity index (χ1n) is 6.93. The quantitative estimate of drug-likeness (QED) is 0.640. The predicted octanol–water partition coefficient (Wildman–Crippen LogP) is 1.95. The van der Waals surface area contributed by atoms with E-state index < -0.39 is 14.9 Å². The van der Waals surface area contributed by atoms with Crippen molar-refractivity contribution >= 4 is 21.4 Å². The van der Waals surface area contributed by atoms with Crippen LogP contribution < -0.4 is 5.32 Å². The van der Waals surface area contributed by atoms with Crippen LogP contribution >= 0.6 is 0 Å². The van der Waals surface area contributed by atoms with Gasteiger partial charge in [-0.05, 0) is 24.5 Å². The van der Waals surface area contributed by atoms with Gasteiger partial charge in [0.15, 0.2) is 0 Å². The largest absolute Gasteiger partial charge is 0.379 e. The van der Waals surface area contributed by atoms with Crippen LogP contribution in [0.2, 0.25) is 0 Å². The van der Waals surface area contributed by atoms with Gasteiger partial charge in [-0.1, -0.05) is 13.0 Å². The molecule has 7 nitrogen and oxygen atoms in total. The summed E-state index contributed by atoms with van der Waals surface area (Å²) in [4.78, 5) is 10.6. The maximum Gasteiger partial charge on any atom is 0.292 e. The molecule has 0 atom stereocenters. The van der Waals surface area contributed by atoms with Crippen LogP contribution in [0.5, 0.6) is 0 Å². The third kappa shape index (κ3) is 3.70. The second-order valence-electron chi connectivity index (χ2n) is 5.04. The van der Waals surface area contributed by atoms with Crippen LogP contribution in [0.4, 0.5) is 11.4 Å². The Hall–Kier alpha value is -1.67. The molecule has 1 aromatic rings. The highest BCUT2D eigenvalue weighted by atomic mass is 32.2. The maximum atomic E-state index is 11.8. The Labute approximate surface area is 124 Å². The van der Waals surface area contributed by atoms with Crippen molar-refractivity contribution in [3.05, 3.63) is 33.9 Å². The lowest BCUT2D eigenvalue weighted by atomic mass is 10.1. The Balaban J connectivity index is 2.22. The van der Waals surface area contributed by atoms with Crippen LogP contribution in [-0.2, 0) is 16.6 Å².